The van der Waals surface area contributed by atoms with E-state index >= 15 is 0 Å². The summed E-state index contributed by atoms with van der Waals surface area (Å²) < 4.78 is 11.1. The molecule has 1 amide bonds. The molecule has 1 saturated carbocycles. The zero-order chi connectivity index (χ0) is 17.2. The van der Waals surface area contributed by atoms with Gasteiger partial charge in [-0.05, 0) is 53.0 Å². The SMILES string of the molecule is CC(C)(C)OC(=O)NC[C@H]1CCCCN1Cc1nnc(C2CC2)o1. The average molecular weight is 336 g/mol. The standard InChI is InChI=1S/C17H28N4O3/c1-17(2,3)24-16(22)18-10-13-6-4-5-9-21(13)11-14-19-20-15(23-14)12-7-8-12/h12-13H,4-11H2,1-3H3,(H,18,22)/t13-/m1/s1. The van der Waals surface area contributed by atoms with Crippen LogP contribution in [0.4, 0.5) is 4.79 Å². The molecule has 1 aromatic heterocycles. The van der Waals surface area contributed by atoms with Crippen molar-refractivity contribution in [2.75, 3.05) is 13.1 Å². The Morgan fingerprint density at radius 2 is 2.08 bits per heavy atom. The summed E-state index contributed by atoms with van der Waals surface area (Å²) in [6.07, 6.45) is 5.35. The Balaban J connectivity index is 1.51. The number of hydrogen-bond donors (Lipinski definition) is 1. The Morgan fingerprint density at radius 3 is 2.79 bits per heavy atom. The van der Waals surface area contributed by atoms with E-state index in [0.29, 0.717) is 24.9 Å². The number of aromatic nitrogens is 2. The van der Waals surface area contributed by atoms with Crippen molar-refractivity contribution in [3.8, 4) is 0 Å². The number of nitrogens with zero attached hydrogens (tertiary/aromatic N) is 3. The van der Waals surface area contributed by atoms with Crippen molar-refractivity contribution in [3.05, 3.63) is 11.8 Å². The minimum atomic E-state index is -0.473. The fourth-order valence-corrected chi connectivity index (χ4v) is 3.01. The molecule has 0 bridgehead atoms. The molecule has 2 fully saturated rings. The quantitative estimate of drug-likeness (QED) is 0.890. The van der Waals surface area contributed by atoms with Gasteiger partial charge in [0.05, 0.1) is 6.54 Å². The predicted molar refractivity (Wildman–Crippen MR) is 88.6 cm³/mol. The monoisotopic (exact) mass is 336 g/mol. The Kier molecular flexibility index (Phi) is 5.08. The van der Waals surface area contributed by atoms with Gasteiger partial charge in [0.15, 0.2) is 0 Å². The summed E-state index contributed by atoms with van der Waals surface area (Å²) in [6, 6.07) is 0.280. The van der Waals surface area contributed by atoms with Crippen LogP contribution < -0.4 is 5.32 Å². The molecule has 0 unspecified atom stereocenters. The van der Waals surface area contributed by atoms with Gasteiger partial charge in [0, 0.05) is 18.5 Å². The largest absolute Gasteiger partial charge is 0.444 e. The van der Waals surface area contributed by atoms with Crippen LogP contribution >= 0.6 is 0 Å². The number of carbonyl (C=O) groups is 1. The van der Waals surface area contributed by atoms with Crippen molar-refractivity contribution in [1.82, 2.24) is 20.4 Å². The minimum absolute atomic E-state index is 0.280. The molecule has 134 valence electrons. The smallest absolute Gasteiger partial charge is 0.407 e. The summed E-state index contributed by atoms with van der Waals surface area (Å²) in [6.45, 7) is 7.83. The van der Waals surface area contributed by atoms with Gasteiger partial charge in [-0.2, -0.15) is 0 Å². The maximum Gasteiger partial charge on any atom is 0.407 e. The summed E-state index contributed by atoms with van der Waals surface area (Å²) in [5.41, 5.74) is -0.473. The molecule has 1 atom stereocenters. The molecule has 24 heavy (non-hydrogen) atoms. The van der Waals surface area contributed by atoms with Gasteiger partial charge in [-0.25, -0.2) is 4.79 Å². The van der Waals surface area contributed by atoms with Gasteiger partial charge >= 0.3 is 6.09 Å². The Hall–Kier alpha value is -1.63. The van der Waals surface area contributed by atoms with Crippen LogP contribution in [0, 0.1) is 0 Å². The van der Waals surface area contributed by atoms with Crippen LogP contribution in [0.2, 0.25) is 0 Å². The van der Waals surface area contributed by atoms with E-state index in [9.17, 15) is 4.79 Å². The van der Waals surface area contributed by atoms with Crippen LogP contribution in [0.15, 0.2) is 4.42 Å². The maximum atomic E-state index is 11.9. The third-order valence-corrected chi connectivity index (χ3v) is 4.38. The van der Waals surface area contributed by atoms with Crippen molar-refractivity contribution in [1.29, 1.82) is 0 Å². The first-order chi connectivity index (χ1) is 11.4. The summed E-state index contributed by atoms with van der Waals surface area (Å²) in [5.74, 6) is 1.95. The van der Waals surface area contributed by atoms with Crippen molar-refractivity contribution >= 4 is 6.09 Å². The van der Waals surface area contributed by atoms with E-state index < -0.39 is 5.60 Å². The summed E-state index contributed by atoms with van der Waals surface area (Å²) >= 11 is 0. The average Bonchev–Trinajstić information content (AvgIpc) is 3.25. The molecule has 1 aromatic rings. The minimum Gasteiger partial charge on any atom is -0.444 e. The highest BCUT2D eigenvalue weighted by atomic mass is 16.6. The van der Waals surface area contributed by atoms with Crippen LogP contribution in [-0.4, -0.2) is 45.9 Å². The lowest BCUT2D eigenvalue weighted by atomic mass is 10.0. The number of rotatable bonds is 5. The van der Waals surface area contributed by atoms with Crippen LogP contribution in [-0.2, 0) is 11.3 Å². The Bertz CT molecular complexity index is 562. The Labute approximate surface area is 143 Å². The lowest BCUT2D eigenvalue weighted by Crippen LogP contribution is -2.47. The van der Waals surface area contributed by atoms with Gasteiger partial charge in [0.1, 0.15) is 5.60 Å². The molecule has 1 N–H and O–H groups in total. The van der Waals surface area contributed by atoms with Gasteiger partial charge in [0.2, 0.25) is 11.8 Å². The first kappa shape index (κ1) is 17.2. The third kappa shape index (κ3) is 4.93. The number of hydrogen-bond acceptors (Lipinski definition) is 6. The summed E-state index contributed by atoms with van der Waals surface area (Å²) in [4.78, 5) is 14.2. The number of carbonyl (C=O) groups excluding carboxylic acids is 1. The Morgan fingerprint density at radius 1 is 1.29 bits per heavy atom. The lowest BCUT2D eigenvalue weighted by Gasteiger charge is -2.34. The molecule has 1 aliphatic heterocycles. The summed E-state index contributed by atoms with van der Waals surface area (Å²) in [7, 11) is 0. The van der Waals surface area contributed by atoms with E-state index in [2.05, 4.69) is 20.4 Å². The van der Waals surface area contributed by atoms with E-state index in [1.807, 2.05) is 20.8 Å². The molecule has 0 spiro atoms. The highest BCUT2D eigenvalue weighted by Gasteiger charge is 2.30. The number of piperidine rings is 1. The second-order valence-corrected chi connectivity index (χ2v) is 7.81. The van der Waals surface area contributed by atoms with Gasteiger partial charge in [-0.3, -0.25) is 4.90 Å². The first-order valence-electron chi connectivity index (χ1n) is 8.94. The van der Waals surface area contributed by atoms with Crippen molar-refractivity contribution in [2.45, 2.75) is 77.0 Å². The highest BCUT2D eigenvalue weighted by Crippen LogP contribution is 2.39. The molecule has 1 saturated heterocycles. The van der Waals surface area contributed by atoms with Gasteiger partial charge < -0.3 is 14.5 Å². The van der Waals surface area contributed by atoms with E-state index in [1.54, 1.807) is 0 Å². The number of likely N-dealkylation sites (tertiary alicyclic amines) is 1. The lowest BCUT2D eigenvalue weighted by molar-refractivity contribution is 0.0488. The number of alkyl carbamates (subject to hydrolysis) is 1. The van der Waals surface area contributed by atoms with Crippen LogP contribution in [0.3, 0.4) is 0 Å². The maximum absolute atomic E-state index is 11.9. The van der Waals surface area contributed by atoms with Crippen LogP contribution in [0.5, 0.6) is 0 Å². The third-order valence-electron chi connectivity index (χ3n) is 4.38. The van der Waals surface area contributed by atoms with Crippen molar-refractivity contribution in [2.24, 2.45) is 0 Å². The normalized spacial score (nSPS) is 22.4. The van der Waals surface area contributed by atoms with E-state index in [-0.39, 0.29) is 12.1 Å². The molecular weight excluding hydrogens is 308 g/mol. The highest BCUT2D eigenvalue weighted by molar-refractivity contribution is 5.67. The number of ether oxygens (including phenoxy) is 1. The molecular formula is C17H28N4O3. The number of nitrogens with one attached hydrogen (secondary N) is 1. The molecule has 0 aromatic carbocycles. The molecule has 2 heterocycles. The summed E-state index contributed by atoms with van der Waals surface area (Å²) in [5, 5.41) is 11.2. The zero-order valence-corrected chi connectivity index (χ0v) is 14.9. The molecule has 7 nitrogen and oxygen atoms in total. The van der Waals surface area contributed by atoms with Crippen LogP contribution in [0.25, 0.3) is 0 Å². The first-order valence-corrected chi connectivity index (χ1v) is 8.94. The van der Waals surface area contributed by atoms with Crippen LogP contribution in [0.1, 0.15) is 70.6 Å². The van der Waals surface area contributed by atoms with Crippen molar-refractivity contribution < 1.29 is 13.9 Å². The van der Waals surface area contributed by atoms with Gasteiger partial charge in [-0.1, -0.05) is 6.42 Å². The molecule has 2 aliphatic rings. The predicted octanol–water partition coefficient (Wildman–Crippen LogP) is 2.83. The van der Waals surface area contributed by atoms with E-state index in [0.717, 1.165) is 38.1 Å². The number of amides is 1. The zero-order valence-electron chi connectivity index (χ0n) is 14.9. The van der Waals surface area contributed by atoms with Crippen molar-refractivity contribution in [3.63, 3.8) is 0 Å². The second-order valence-electron chi connectivity index (χ2n) is 7.81. The molecule has 1 aliphatic carbocycles. The molecule has 7 heteroatoms. The van der Waals surface area contributed by atoms with Gasteiger partial charge in [0.25, 0.3) is 0 Å². The van der Waals surface area contributed by atoms with E-state index in [1.165, 1.54) is 6.42 Å². The fourth-order valence-electron chi connectivity index (χ4n) is 3.01. The second kappa shape index (κ2) is 7.09. The molecule has 3 rings (SSSR count). The fraction of sp³-hybridized carbons (Fsp3) is 0.824. The van der Waals surface area contributed by atoms with Gasteiger partial charge in [-0.15, -0.1) is 10.2 Å². The van der Waals surface area contributed by atoms with E-state index in [4.69, 9.17) is 9.15 Å². The topological polar surface area (TPSA) is 80.5 Å². The molecule has 0 radical (unpaired) electrons.